The lowest BCUT2D eigenvalue weighted by Gasteiger charge is -2.41. The number of hydrogen-bond donors (Lipinski definition) is 1. The molecule has 0 aromatic heterocycles. The molecule has 0 spiro atoms. The summed E-state index contributed by atoms with van der Waals surface area (Å²) in [6.45, 7) is 7.69. The Morgan fingerprint density at radius 2 is 1.64 bits per heavy atom. The van der Waals surface area contributed by atoms with Crippen molar-refractivity contribution in [2.75, 3.05) is 6.54 Å². The Balaban J connectivity index is 1.49. The molecule has 0 amide bonds. The Hall–Kier alpha value is -4.36. The first-order valence-corrected chi connectivity index (χ1v) is 17.9. The molecule has 0 saturated carbocycles. The van der Waals surface area contributed by atoms with Gasteiger partial charge in [0.15, 0.2) is 0 Å². The molecular formula is C46H49N. The highest BCUT2D eigenvalue weighted by Crippen LogP contribution is 2.62. The van der Waals surface area contributed by atoms with Gasteiger partial charge in [0.2, 0.25) is 0 Å². The Labute approximate surface area is 283 Å². The molecule has 0 radical (unpaired) electrons. The molecule has 0 saturated heterocycles. The fraction of sp³-hybridized carbons (Fsp3) is 0.304. The zero-order valence-electron chi connectivity index (χ0n) is 28.4. The molecule has 1 N–H and O–H groups in total. The quantitative estimate of drug-likeness (QED) is 0.277. The molecule has 0 aliphatic heterocycles. The van der Waals surface area contributed by atoms with Crippen LogP contribution in [0.1, 0.15) is 93.0 Å². The number of allylic oxidation sites excluding steroid dienone is 18. The van der Waals surface area contributed by atoms with E-state index in [-0.39, 0.29) is 10.8 Å². The van der Waals surface area contributed by atoms with E-state index in [1.807, 2.05) is 0 Å². The van der Waals surface area contributed by atoms with Gasteiger partial charge in [-0.15, -0.1) is 0 Å². The maximum absolute atomic E-state index is 3.92. The topological polar surface area (TPSA) is 12.0 Å². The van der Waals surface area contributed by atoms with Crippen LogP contribution >= 0.6 is 0 Å². The summed E-state index contributed by atoms with van der Waals surface area (Å²) in [7, 11) is 0. The van der Waals surface area contributed by atoms with Gasteiger partial charge in [0.1, 0.15) is 0 Å². The minimum Gasteiger partial charge on any atom is -0.384 e. The minimum absolute atomic E-state index is 0.269. The second-order valence-electron chi connectivity index (χ2n) is 13.9. The van der Waals surface area contributed by atoms with Crippen LogP contribution in [0.3, 0.4) is 0 Å². The number of nitrogens with one attached hydrogen (secondary N) is 1. The van der Waals surface area contributed by atoms with Crippen molar-refractivity contribution in [3.63, 3.8) is 0 Å². The van der Waals surface area contributed by atoms with E-state index in [1.165, 1.54) is 39.1 Å². The van der Waals surface area contributed by atoms with Gasteiger partial charge in [0.05, 0.1) is 10.8 Å². The third-order valence-corrected chi connectivity index (χ3v) is 10.9. The van der Waals surface area contributed by atoms with E-state index in [0.29, 0.717) is 11.8 Å². The molecule has 2 bridgehead atoms. The van der Waals surface area contributed by atoms with Crippen molar-refractivity contribution in [2.45, 2.75) is 76.0 Å². The van der Waals surface area contributed by atoms with Crippen LogP contribution in [-0.4, -0.2) is 6.54 Å². The smallest absolute Gasteiger partial charge is 0.0642 e. The highest BCUT2D eigenvalue weighted by atomic mass is 14.9. The molecule has 3 atom stereocenters. The maximum atomic E-state index is 3.92. The highest BCUT2D eigenvalue weighted by molar-refractivity contribution is 5.93. The van der Waals surface area contributed by atoms with Crippen molar-refractivity contribution in [3.8, 4) is 0 Å². The van der Waals surface area contributed by atoms with Gasteiger partial charge in [-0.2, -0.15) is 0 Å². The molecule has 2 aromatic rings. The summed E-state index contributed by atoms with van der Waals surface area (Å²) in [5, 5.41) is 3.92. The van der Waals surface area contributed by atoms with Crippen molar-refractivity contribution in [2.24, 2.45) is 5.92 Å². The lowest BCUT2D eigenvalue weighted by molar-refractivity contribution is 0.497. The summed E-state index contributed by atoms with van der Waals surface area (Å²) in [6.07, 6.45) is 43.6. The molecule has 238 valence electrons. The molecule has 1 nitrogen and oxygen atoms in total. The molecular weight excluding hydrogens is 567 g/mol. The van der Waals surface area contributed by atoms with E-state index in [9.17, 15) is 0 Å². The van der Waals surface area contributed by atoms with Gasteiger partial charge in [-0.3, -0.25) is 0 Å². The van der Waals surface area contributed by atoms with Crippen LogP contribution in [0.2, 0.25) is 0 Å². The highest BCUT2D eigenvalue weighted by Gasteiger charge is 2.52. The van der Waals surface area contributed by atoms with E-state index < -0.39 is 0 Å². The fourth-order valence-corrected chi connectivity index (χ4v) is 8.88. The van der Waals surface area contributed by atoms with Crippen molar-refractivity contribution < 1.29 is 0 Å². The zero-order chi connectivity index (χ0) is 32.3. The summed E-state index contributed by atoms with van der Waals surface area (Å²) >= 11 is 0. The Morgan fingerprint density at radius 3 is 2.49 bits per heavy atom. The third kappa shape index (κ3) is 5.35. The van der Waals surface area contributed by atoms with Crippen molar-refractivity contribution in [1.29, 1.82) is 0 Å². The van der Waals surface area contributed by atoms with Crippen LogP contribution in [-0.2, 0) is 10.8 Å². The predicted molar refractivity (Wildman–Crippen MR) is 201 cm³/mol. The summed E-state index contributed by atoms with van der Waals surface area (Å²) in [5.74, 6) is 0.786. The first-order valence-electron chi connectivity index (χ1n) is 17.9. The molecule has 2 aromatic carbocycles. The van der Waals surface area contributed by atoms with Gasteiger partial charge in [0, 0.05) is 12.2 Å². The van der Waals surface area contributed by atoms with Crippen LogP contribution in [0.15, 0.2) is 157 Å². The SMILES string of the molecule is CC/C=C\C=C/CNC1=CC=CC2C=CC=CC1(c1cccc3c1C1=C(CCC=C1)C3(C1=CC=CCC1)c1ccccc1C(C)C)C2. The summed E-state index contributed by atoms with van der Waals surface area (Å²) in [6, 6.07) is 16.6. The molecule has 1 heteroatoms. The second-order valence-corrected chi connectivity index (χ2v) is 13.9. The second kappa shape index (κ2) is 13.4. The normalized spacial score (nSPS) is 26.1. The molecule has 5 aliphatic carbocycles. The first-order chi connectivity index (χ1) is 23.1. The summed E-state index contributed by atoms with van der Waals surface area (Å²) in [4.78, 5) is 0. The van der Waals surface area contributed by atoms with Gasteiger partial charge in [-0.25, -0.2) is 0 Å². The molecule has 5 aliphatic rings. The lowest BCUT2D eigenvalue weighted by atomic mass is 9.61. The van der Waals surface area contributed by atoms with Crippen LogP contribution in [0.4, 0.5) is 0 Å². The van der Waals surface area contributed by atoms with Crippen LogP contribution in [0.25, 0.3) is 5.57 Å². The maximum Gasteiger partial charge on any atom is 0.0642 e. The van der Waals surface area contributed by atoms with E-state index in [4.69, 9.17) is 0 Å². The Kier molecular flexibility index (Phi) is 8.91. The first kappa shape index (κ1) is 31.3. The molecule has 3 unspecified atom stereocenters. The van der Waals surface area contributed by atoms with Gasteiger partial charge in [0.25, 0.3) is 0 Å². The van der Waals surface area contributed by atoms with Gasteiger partial charge >= 0.3 is 0 Å². The van der Waals surface area contributed by atoms with E-state index in [1.54, 1.807) is 11.1 Å². The van der Waals surface area contributed by atoms with Crippen LogP contribution < -0.4 is 5.32 Å². The number of fused-ring (bicyclic) bond motifs is 4. The zero-order valence-corrected chi connectivity index (χ0v) is 28.4. The summed E-state index contributed by atoms with van der Waals surface area (Å²) in [5.41, 5.74) is 12.6. The average molecular weight is 616 g/mol. The average Bonchev–Trinajstić information content (AvgIpc) is 3.21. The van der Waals surface area contributed by atoms with Gasteiger partial charge < -0.3 is 5.32 Å². The fourth-order valence-electron chi connectivity index (χ4n) is 8.88. The summed E-state index contributed by atoms with van der Waals surface area (Å²) < 4.78 is 0. The third-order valence-electron chi connectivity index (χ3n) is 10.9. The van der Waals surface area contributed by atoms with Crippen molar-refractivity contribution in [3.05, 3.63) is 184 Å². The largest absolute Gasteiger partial charge is 0.384 e. The number of hydrogen-bond acceptors (Lipinski definition) is 1. The van der Waals surface area contributed by atoms with Crippen LogP contribution in [0.5, 0.6) is 0 Å². The number of rotatable bonds is 9. The molecule has 7 rings (SSSR count). The Bertz CT molecular complexity index is 1830. The lowest BCUT2D eigenvalue weighted by Crippen LogP contribution is -2.37. The molecule has 0 fully saturated rings. The molecule has 0 heterocycles. The van der Waals surface area contributed by atoms with E-state index >= 15 is 0 Å². The predicted octanol–water partition coefficient (Wildman–Crippen LogP) is 11.4. The number of benzene rings is 2. The van der Waals surface area contributed by atoms with Gasteiger partial charge in [-0.1, -0.05) is 160 Å². The van der Waals surface area contributed by atoms with Gasteiger partial charge in [-0.05, 0) is 95.4 Å². The van der Waals surface area contributed by atoms with Crippen LogP contribution in [0, 0.1) is 5.92 Å². The van der Waals surface area contributed by atoms with Crippen molar-refractivity contribution >= 4 is 5.57 Å². The monoisotopic (exact) mass is 615 g/mol. The standard InChI is InChI=1S/C46H49N/c1-4-5-6-7-17-32-47-43-30-18-21-35-20-15-16-31-45(43,33-35)41-28-19-29-42-44(41)38-25-12-14-27-40(38)46(42,36-22-9-8-10-23-36)39-26-13-11-24-37(39)34(2)3/h5-9,11-13,15-22,24-26,28-31,34-35,47H,4,10,14,23,27,32-33H2,1-3H3/b6-5-,17-7-. The van der Waals surface area contributed by atoms with E-state index in [2.05, 4.69) is 166 Å². The Morgan fingerprint density at radius 1 is 0.830 bits per heavy atom. The van der Waals surface area contributed by atoms with E-state index in [0.717, 1.165) is 45.1 Å². The molecule has 47 heavy (non-hydrogen) atoms. The van der Waals surface area contributed by atoms with Crippen molar-refractivity contribution in [1.82, 2.24) is 5.32 Å². The minimum atomic E-state index is -0.298.